The van der Waals surface area contributed by atoms with Gasteiger partial charge in [0.15, 0.2) is 11.5 Å². The van der Waals surface area contributed by atoms with Crippen LogP contribution in [0, 0.1) is 0 Å². The summed E-state index contributed by atoms with van der Waals surface area (Å²) in [5.74, 6) is 0.650. The summed E-state index contributed by atoms with van der Waals surface area (Å²) in [6.07, 6.45) is 4.21. The average molecular weight is 399 g/mol. The van der Waals surface area contributed by atoms with E-state index in [0.717, 1.165) is 62.8 Å². The van der Waals surface area contributed by atoms with E-state index in [9.17, 15) is 5.11 Å². The van der Waals surface area contributed by atoms with Crippen molar-refractivity contribution in [3.63, 3.8) is 0 Å². The Morgan fingerprint density at radius 3 is 2.55 bits per heavy atom. The number of nitrogens with zero attached hydrogens (tertiary/aromatic N) is 3. The zero-order valence-electron chi connectivity index (χ0n) is 18.2. The van der Waals surface area contributed by atoms with Crippen molar-refractivity contribution in [1.82, 2.24) is 14.8 Å². The van der Waals surface area contributed by atoms with Crippen molar-refractivity contribution in [2.75, 3.05) is 45.7 Å². The molecule has 6 heteroatoms. The van der Waals surface area contributed by atoms with Crippen LogP contribution in [0.1, 0.15) is 37.9 Å². The second-order valence-electron chi connectivity index (χ2n) is 8.80. The maximum absolute atomic E-state index is 10.4. The number of phenolic OH excluding ortho intramolecular Hbond substituents is 1. The smallest absolute Gasteiger partial charge is 0.162 e. The summed E-state index contributed by atoms with van der Waals surface area (Å²) in [5, 5.41) is 15.3. The van der Waals surface area contributed by atoms with Crippen LogP contribution in [0.5, 0.6) is 11.5 Å². The van der Waals surface area contributed by atoms with Crippen LogP contribution in [0.3, 0.4) is 0 Å². The van der Waals surface area contributed by atoms with E-state index in [1.54, 1.807) is 7.11 Å². The highest BCUT2D eigenvalue weighted by atomic mass is 16.5. The molecule has 0 aliphatic carbocycles. The van der Waals surface area contributed by atoms with Gasteiger partial charge in [0.05, 0.1) is 12.6 Å². The summed E-state index contributed by atoms with van der Waals surface area (Å²) in [5.41, 5.74) is 4.56. The zero-order valence-corrected chi connectivity index (χ0v) is 18.2. The molecule has 2 aromatic rings. The Bertz CT molecular complexity index is 875. The molecule has 0 unspecified atom stereocenters. The second-order valence-corrected chi connectivity index (χ2v) is 8.80. The molecular weight excluding hydrogens is 364 g/mol. The van der Waals surface area contributed by atoms with Gasteiger partial charge in [0.1, 0.15) is 0 Å². The van der Waals surface area contributed by atoms with E-state index in [0.29, 0.717) is 17.8 Å². The number of hydrogen-bond donors (Lipinski definition) is 2. The molecule has 1 aromatic heterocycles. The lowest BCUT2D eigenvalue weighted by Crippen LogP contribution is -2.42. The number of nitrogens with one attached hydrogen (secondary N) is 1. The quantitative estimate of drug-likeness (QED) is 0.824. The van der Waals surface area contributed by atoms with Crippen molar-refractivity contribution >= 4 is 16.6 Å². The standard InChI is InChI=1S/C23H34N4O2/c1-15(2)27-11-5-16(6-12-27)24-23-17-7-9-26(3)10-8-19(17)25-20-14-22(29-4)21(28)13-18(20)23/h13-16,28H,5-12H2,1-4H3,(H,24,25). The number of phenols is 1. The highest BCUT2D eigenvalue weighted by Crippen LogP contribution is 2.38. The summed E-state index contributed by atoms with van der Waals surface area (Å²) < 4.78 is 5.34. The van der Waals surface area contributed by atoms with Gasteiger partial charge in [0, 0.05) is 67.5 Å². The van der Waals surface area contributed by atoms with Gasteiger partial charge in [-0.3, -0.25) is 4.98 Å². The van der Waals surface area contributed by atoms with Crippen molar-refractivity contribution in [2.24, 2.45) is 0 Å². The van der Waals surface area contributed by atoms with Gasteiger partial charge < -0.3 is 25.0 Å². The van der Waals surface area contributed by atoms with E-state index in [-0.39, 0.29) is 5.75 Å². The predicted molar refractivity (Wildman–Crippen MR) is 118 cm³/mol. The SMILES string of the molecule is COc1cc2nc3c(c(NC4CCN(C(C)C)CC4)c2cc1O)CCN(C)CC3. The summed E-state index contributed by atoms with van der Waals surface area (Å²) in [7, 11) is 3.76. The number of aromatic nitrogens is 1. The molecule has 2 N–H and O–H groups in total. The molecule has 1 saturated heterocycles. The zero-order chi connectivity index (χ0) is 20.5. The topological polar surface area (TPSA) is 60.9 Å². The third-order valence-electron chi connectivity index (χ3n) is 6.55. The lowest BCUT2D eigenvalue weighted by atomic mass is 9.98. The number of rotatable bonds is 4. The molecule has 0 saturated carbocycles. The minimum Gasteiger partial charge on any atom is -0.504 e. The fourth-order valence-electron chi connectivity index (χ4n) is 4.65. The minimum absolute atomic E-state index is 0.171. The van der Waals surface area contributed by atoms with Crippen LogP contribution in [0.4, 0.5) is 5.69 Å². The molecule has 1 aromatic carbocycles. The largest absolute Gasteiger partial charge is 0.504 e. The number of likely N-dealkylation sites (N-methyl/N-ethyl adjacent to an activating group) is 1. The highest BCUT2D eigenvalue weighted by molar-refractivity contribution is 5.95. The molecule has 0 spiro atoms. The summed E-state index contributed by atoms with van der Waals surface area (Å²) >= 11 is 0. The van der Waals surface area contributed by atoms with Crippen LogP contribution in [0.2, 0.25) is 0 Å². The number of likely N-dealkylation sites (tertiary alicyclic amines) is 1. The Morgan fingerprint density at radius 1 is 1.14 bits per heavy atom. The second kappa shape index (κ2) is 8.36. The van der Waals surface area contributed by atoms with Crippen molar-refractivity contribution in [3.8, 4) is 11.5 Å². The molecule has 6 nitrogen and oxygen atoms in total. The predicted octanol–water partition coefficient (Wildman–Crippen LogP) is 3.26. The van der Waals surface area contributed by atoms with Crippen LogP contribution >= 0.6 is 0 Å². The monoisotopic (exact) mass is 398 g/mol. The van der Waals surface area contributed by atoms with Gasteiger partial charge in [0.2, 0.25) is 0 Å². The highest BCUT2D eigenvalue weighted by Gasteiger charge is 2.25. The molecule has 0 bridgehead atoms. The first-order chi connectivity index (χ1) is 14.0. The van der Waals surface area contributed by atoms with E-state index in [1.165, 1.54) is 16.9 Å². The molecular formula is C23H34N4O2. The summed E-state index contributed by atoms with van der Waals surface area (Å²) in [4.78, 5) is 9.90. The summed E-state index contributed by atoms with van der Waals surface area (Å²) in [6.45, 7) is 8.85. The van der Waals surface area contributed by atoms with Gasteiger partial charge in [0.25, 0.3) is 0 Å². The van der Waals surface area contributed by atoms with E-state index >= 15 is 0 Å². The van der Waals surface area contributed by atoms with Crippen molar-refractivity contribution in [1.29, 1.82) is 0 Å². The maximum Gasteiger partial charge on any atom is 0.162 e. The number of fused-ring (bicyclic) bond motifs is 2. The third-order valence-corrected chi connectivity index (χ3v) is 6.55. The normalized spacial score (nSPS) is 19.3. The van der Waals surface area contributed by atoms with Crippen molar-refractivity contribution in [3.05, 3.63) is 23.4 Å². The summed E-state index contributed by atoms with van der Waals surface area (Å²) in [6, 6.07) is 4.74. The molecule has 0 amide bonds. The van der Waals surface area contributed by atoms with E-state index in [1.807, 2.05) is 12.1 Å². The van der Waals surface area contributed by atoms with Crippen LogP contribution in [0.25, 0.3) is 10.9 Å². The van der Waals surface area contributed by atoms with Crippen LogP contribution in [0.15, 0.2) is 12.1 Å². The van der Waals surface area contributed by atoms with E-state index in [2.05, 4.69) is 36.0 Å². The average Bonchev–Trinajstić information content (AvgIpc) is 2.90. The molecule has 0 atom stereocenters. The van der Waals surface area contributed by atoms with Gasteiger partial charge in [-0.1, -0.05) is 0 Å². The number of benzene rings is 1. The number of methoxy groups -OCH3 is 1. The van der Waals surface area contributed by atoms with Gasteiger partial charge in [-0.15, -0.1) is 0 Å². The first-order valence-corrected chi connectivity index (χ1v) is 10.9. The Kier molecular flexibility index (Phi) is 5.83. The number of pyridine rings is 1. The first kappa shape index (κ1) is 20.2. The van der Waals surface area contributed by atoms with E-state index in [4.69, 9.17) is 9.72 Å². The van der Waals surface area contributed by atoms with Crippen molar-refractivity contribution < 1.29 is 9.84 Å². The molecule has 2 aliphatic rings. The van der Waals surface area contributed by atoms with Gasteiger partial charge in [-0.25, -0.2) is 0 Å². The number of hydrogen-bond acceptors (Lipinski definition) is 6. The molecule has 3 heterocycles. The molecule has 1 fully saturated rings. The van der Waals surface area contributed by atoms with Crippen LogP contribution in [-0.2, 0) is 12.8 Å². The Morgan fingerprint density at radius 2 is 1.86 bits per heavy atom. The van der Waals surface area contributed by atoms with Gasteiger partial charge >= 0.3 is 0 Å². The Labute approximate surface area is 173 Å². The first-order valence-electron chi connectivity index (χ1n) is 10.9. The fraction of sp³-hybridized carbons (Fsp3) is 0.609. The number of ether oxygens (including phenoxy) is 1. The Hall–Kier alpha value is -2.05. The molecule has 0 radical (unpaired) electrons. The van der Waals surface area contributed by atoms with Gasteiger partial charge in [-0.05, 0) is 51.8 Å². The number of anilines is 1. The molecule has 29 heavy (non-hydrogen) atoms. The van der Waals surface area contributed by atoms with Crippen LogP contribution in [-0.4, -0.2) is 72.3 Å². The molecule has 4 rings (SSSR count). The van der Waals surface area contributed by atoms with Crippen LogP contribution < -0.4 is 10.1 Å². The number of piperidine rings is 1. The van der Waals surface area contributed by atoms with Gasteiger partial charge in [-0.2, -0.15) is 0 Å². The molecule has 158 valence electrons. The fourth-order valence-corrected chi connectivity index (χ4v) is 4.65. The molecule has 2 aliphatic heterocycles. The lowest BCUT2D eigenvalue weighted by Gasteiger charge is -2.36. The minimum atomic E-state index is 0.171. The maximum atomic E-state index is 10.4. The van der Waals surface area contributed by atoms with Crippen molar-refractivity contribution in [2.45, 2.75) is 51.6 Å². The van der Waals surface area contributed by atoms with E-state index < -0.39 is 0 Å². The number of aromatic hydroxyl groups is 1. The lowest BCUT2D eigenvalue weighted by molar-refractivity contribution is 0.177. The third kappa shape index (κ3) is 4.14. The Balaban J connectivity index is 1.73.